The molecular weight excluding hydrogens is 388 g/mol. The molecule has 0 aliphatic rings. The number of carbonyl (C=O) groups excluding carboxylic acids is 1. The highest BCUT2D eigenvalue weighted by Gasteiger charge is 2.15. The molecule has 0 spiro atoms. The van der Waals surface area contributed by atoms with Gasteiger partial charge >= 0.3 is 0 Å². The van der Waals surface area contributed by atoms with Crippen molar-refractivity contribution in [3.8, 4) is 11.3 Å². The summed E-state index contributed by atoms with van der Waals surface area (Å²) in [7, 11) is -3.26. The van der Waals surface area contributed by atoms with Crippen molar-refractivity contribution in [2.75, 3.05) is 5.75 Å². The van der Waals surface area contributed by atoms with E-state index in [1.807, 2.05) is 12.1 Å². The number of hydrogen-bond donors (Lipinski definition) is 1. The molecule has 0 atom stereocenters. The molecule has 3 aromatic rings. The Labute approximate surface area is 162 Å². The van der Waals surface area contributed by atoms with Crippen molar-refractivity contribution in [1.29, 1.82) is 0 Å². The Bertz CT molecular complexity index is 1040. The van der Waals surface area contributed by atoms with Crippen molar-refractivity contribution in [2.45, 2.75) is 18.4 Å². The lowest BCUT2D eigenvalue weighted by Gasteiger charge is -2.03. The predicted molar refractivity (Wildman–Crippen MR) is 102 cm³/mol. The van der Waals surface area contributed by atoms with Gasteiger partial charge in [-0.25, -0.2) is 8.42 Å². The van der Waals surface area contributed by atoms with E-state index >= 15 is 0 Å². The number of nitrogens with one attached hydrogen (secondary N) is 1. The molecule has 0 aliphatic heterocycles. The second-order valence-electron chi connectivity index (χ2n) is 5.81. The van der Waals surface area contributed by atoms with Crippen LogP contribution in [0.3, 0.4) is 0 Å². The number of amides is 1. The fourth-order valence-electron chi connectivity index (χ4n) is 2.39. The zero-order chi connectivity index (χ0) is 19.4. The zero-order valence-electron chi connectivity index (χ0n) is 14.5. The number of hydrogen-bond acceptors (Lipinski definition) is 5. The first-order valence-corrected chi connectivity index (χ1v) is 10.2. The Morgan fingerprint density at radius 1 is 1.11 bits per heavy atom. The quantitative estimate of drug-likeness (QED) is 0.676. The van der Waals surface area contributed by atoms with E-state index in [1.165, 1.54) is 18.2 Å². The zero-order valence-corrected chi connectivity index (χ0v) is 16.0. The minimum Gasteiger partial charge on any atom is -0.355 e. The standard InChI is InChI=1S/C19H17ClN2O4S/c1-2-27(24,25)16-9-5-14(6-10-16)18-11-17(22-26-18)19(23)21-12-13-3-7-15(20)8-4-13/h3-11H,2,12H2,1H3,(H,21,23). The largest absolute Gasteiger partial charge is 0.355 e. The molecule has 1 N–H and O–H groups in total. The Kier molecular flexibility index (Phi) is 5.62. The number of sulfone groups is 1. The van der Waals surface area contributed by atoms with Gasteiger partial charge < -0.3 is 9.84 Å². The molecule has 3 rings (SSSR count). The van der Waals surface area contributed by atoms with E-state index in [0.29, 0.717) is 22.9 Å². The lowest BCUT2D eigenvalue weighted by molar-refractivity contribution is 0.0942. The fourth-order valence-corrected chi connectivity index (χ4v) is 3.40. The number of nitrogens with zero attached hydrogens (tertiary/aromatic N) is 1. The van der Waals surface area contributed by atoms with Gasteiger partial charge in [0.15, 0.2) is 21.3 Å². The van der Waals surface area contributed by atoms with Crippen molar-refractivity contribution in [3.05, 3.63) is 70.9 Å². The summed E-state index contributed by atoms with van der Waals surface area (Å²) in [5.74, 6) is 0.0456. The molecular formula is C19H17ClN2O4S. The molecule has 1 heterocycles. The summed E-state index contributed by atoms with van der Waals surface area (Å²) in [6, 6.07) is 14.9. The van der Waals surface area contributed by atoms with Crippen LogP contribution < -0.4 is 5.32 Å². The summed E-state index contributed by atoms with van der Waals surface area (Å²) in [5.41, 5.74) is 1.68. The van der Waals surface area contributed by atoms with Gasteiger partial charge in [0.05, 0.1) is 10.6 Å². The van der Waals surface area contributed by atoms with Crippen LogP contribution in [0.1, 0.15) is 23.0 Å². The maximum Gasteiger partial charge on any atom is 0.273 e. The molecule has 1 amide bonds. The van der Waals surface area contributed by atoms with Gasteiger partial charge in [0.1, 0.15) is 0 Å². The van der Waals surface area contributed by atoms with Crippen LogP contribution in [0.5, 0.6) is 0 Å². The monoisotopic (exact) mass is 404 g/mol. The average molecular weight is 405 g/mol. The Balaban J connectivity index is 1.68. The van der Waals surface area contributed by atoms with Crippen molar-refractivity contribution < 1.29 is 17.7 Å². The first-order valence-electron chi connectivity index (χ1n) is 8.21. The minimum atomic E-state index is -3.26. The Morgan fingerprint density at radius 2 is 1.78 bits per heavy atom. The molecule has 0 fully saturated rings. The van der Waals surface area contributed by atoms with Crippen LogP contribution in [-0.2, 0) is 16.4 Å². The number of benzene rings is 2. The van der Waals surface area contributed by atoms with Gasteiger partial charge in [-0.05, 0) is 42.0 Å². The van der Waals surface area contributed by atoms with Crippen LogP contribution in [-0.4, -0.2) is 25.2 Å². The van der Waals surface area contributed by atoms with E-state index in [-0.39, 0.29) is 22.2 Å². The van der Waals surface area contributed by atoms with Crippen LogP contribution in [0.25, 0.3) is 11.3 Å². The molecule has 0 aliphatic carbocycles. The number of rotatable bonds is 6. The topological polar surface area (TPSA) is 89.3 Å². The number of halogens is 1. The molecule has 2 aromatic carbocycles. The van der Waals surface area contributed by atoms with E-state index in [4.69, 9.17) is 16.1 Å². The van der Waals surface area contributed by atoms with Crippen LogP contribution in [0.4, 0.5) is 0 Å². The lowest BCUT2D eigenvalue weighted by Crippen LogP contribution is -2.22. The summed E-state index contributed by atoms with van der Waals surface area (Å²) in [5, 5.41) is 7.16. The molecule has 0 saturated carbocycles. The van der Waals surface area contributed by atoms with Crippen LogP contribution in [0, 0.1) is 0 Å². The molecule has 27 heavy (non-hydrogen) atoms. The highest BCUT2D eigenvalue weighted by atomic mass is 35.5. The summed E-state index contributed by atoms with van der Waals surface area (Å²) in [6.07, 6.45) is 0. The van der Waals surface area contributed by atoms with E-state index in [9.17, 15) is 13.2 Å². The van der Waals surface area contributed by atoms with Gasteiger partial charge in [0.2, 0.25) is 0 Å². The molecule has 1 aromatic heterocycles. The highest BCUT2D eigenvalue weighted by Crippen LogP contribution is 2.22. The first kappa shape index (κ1) is 19.1. The summed E-state index contributed by atoms with van der Waals surface area (Å²) < 4.78 is 28.9. The maximum atomic E-state index is 12.2. The predicted octanol–water partition coefficient (Wildman–Crippen LogP) is 3.72. The Hall–Kier alpha value is -2.64. The average Bonchev–Trinajstić information content (AvgIpc) is 3.18. The minimum absolute atomic E-state index is 0.0343. The normalized spacial score (nSPS) is 11.3. The van der Waals surface area contributed by atoms with Crippen molar-refractivity contribution in [1.82, 2.24) is 10.5 Å². The number of carbonyl (C=O) groups is 1. The van der Waals surface area contributed by atoms with Gasteiger partial charge in [-0.3, -0.25) is 4.79 Å². The van der Waals surface area contributed by atoms with E-state index in [1.54, 1.807) is 31.2 Å². The third-order valence-electron chi connectivity index (χ3n) is 3.99. The maximum absolute atomic E-state index is 12.2. The molecule has 6 nitrogen and oxygen atoms in total. The molecule has 0 radical (unpaired) electrons. The second-order valence-corrected chi connectivity index (χ2v) is 8.53. The van der Waals surface area contributed by atoms with Crippen molar-refractivity contribution >= 4 is 27.3 Å². The van der Waals surface area contributed by atoms with Crippen LogP contribution in [0.15, 0.2) is 64.0 Å². The van der Waals surface area contributed by atoms with Crippen LogP contribution in [0.2, 0.25) is 5.02 Å². The lowest BCUT2D eigenvalue weighted by atomic mass is 10.1. The van der Waals surface area contributed by atoms with Crippen molar-refractivity contribution in [2.24, 2.45) is 0 Å². The second kappa shape index (κ2) is 7.94. The molecule has 0 saturated heterocycles. The molecule has 8 heteroatoms. The molecule has 0 unspecified atom stereocenters. The van der Waals surface area contributed by atoms with E-state index in [2.05, 4.69) is 10.5 Å². The first-order chi connectivity index (χ1) is 12.9. The van der Waals surface area contributed by atoms with Gasteiger partial charge in [-0.15, -0.1) is 0 Å². The molecule has 140 valence electrons. The SMILES string of the molecule is CCS(=O)(=O)c1ccc(-c2cc(C(=O)NCc3ccc(Cl)cc3)no2)cc1. The van der Waals surface area contributed by atoms with Gasteiger partial charge in [-0.2, -0.15) is 0 Å². The van der Waals surface area contributed by atoms with Crippen molar-refractivity contribution in [3.63, 3.8) is 0 Å². The summed E-state index contributed by atoms with van der Waals surface area (Å²) in [6.45, 7) is 1.93. The molecule has 0 bridgehead atoms. The highest BCUT2D eigenvalue weighted by molar-refractivity contribution is 7.91. The Morgan fingerprint density at radius 3 is 2.41 bits per heavy atom. The van der Waals surface area contributed by atoms with E-state index < -0.39 is 9.84 Å². The van der Waals surface area contributed by atoms with Gasteiger partial charge in [-0.1, -0.05) is 35.8 Å². The smallest absolute Gasteiger partial charge is 0.273 e. The third-order valence-corrected chi connectivity index (χ3v) is 5.99. The third kappa shape index (κ3) is 4.56. The van der Waals surface area contributed by atoms with E-state index in [0.717, 1.165) is 5.56 Å². The van der Waals surface area contributed by atoms with Gasteiger partial charge in [0, 0.05) is 23.2 Å². The number of aromatic nitrogens is 1. The van der Waals surface area contributed by atoms with Crippen LogP contribution >= 0.6 is 11.6 Å². The fraction of sp³-hybridized carbons (Fsp3) is 0.158. The summed E-state index contributed by atoms with van der Waals surface area (Å²) in [4.78, 5) is 12.5. The summed E-state index contributed by atoms with van der Waals surface area (Å²) >= 11 is 5.83. The van der Waals surface area contributed by atoms with Gasteiger partial charge in [0.25, 0.3) is 5.91 Å².